The summed E-state index contributed by atoms with van der Waals surface area (Å²) in [6.45, 7) is 0. The molecule has 0 aliphatic rings. The van der Waals surface area contributed by atoms with Crippen LogP contribution >= 0.6 is 0 Å². The monoisotopic (exact) mass is 206 g/mol. The molecule has 0 heterocycles. The van der Waals surface area contributed by atoms with Crippen molar-refractivity contribution in [2.24, 2.45) is 0 Å². The summed E-state index contributed by atoms with van der Waals surface area (Å²) < 4.78 is 37.7. The molecule has 0 aliphatic carbocycles. The third-order valence-corrected chi connectivity index (χ3v) is 1.57. The van der Waals surface area contributed by atoms with Gasteiger partial charge in [0, 0.05) is 11.6 Å². The molecule has 2 N–H and O–H groups in total. The second-order valence-electron chi connectivity index (χ2n) is 2.53. The molecule has 0 radical (unpaired) electrons. The van der Waals surface area contributed by atoms with E-state index in [0.717, 1.165) is 0 Å². The summed E-state index contributed by atoms with van der Waals surface area (Å²) in [6, 6.07) is 0.486. The van der Waals surface area contributed by atoms with E-state index in [1.807, 2.05) is 0 Å². The van der Waals surface area contributed by atoms with Crippen LogP contribution in [0, 0.1) is 17.5 Å². The number of hydrogen-bond donors (Lipinski definition) is 2. The quantitative estimate of drug-likeness (QED) is 0.715. The molecule has 0 aromatic heterocycles. The van der Waals surface area contributed by atoms with Gasteiger partial charge in [-0.25, -0.2) is 18.0 Å². The van der Waals surface area contributed by atoms with Crippen LogP contribution in [0.25, 0.3) is 0 Å². The number of hydrogen-bond acceptors (Lipinski definition) is 2. The highest BCUT2D eigenvalue weighted by Crippen LogP contribution is 2.20. The summed E-state index contributed by atoms with van der Waals surface area (Å²) in [6.07, 6.45) is -2.20. The molecule has 6 heteroatoms. The van der Waals surface area contributed by atoms with Gasteiger partial charge in [0.15, 0.2) is 17.7 Å². The van der Waals surface area contributed by atoms with Crippen molar-refractivity contribution >= 4 is 5.97 Å². The lowest BCUT2D eigenvalue weighted by atomic mass is 10.1. The second-order valence-corrected chi connectivity index (χ2v) is 2.53. The molecule has 0 bridgehead atoms. The number of benzene rings is 1. The van der Waals surface area contributed by atoms with Gasteiger partial charge >= 0.3 is 5.97 Å². The van der Waals surface area contributed by atoms with Crippen LogP contribution in [-0.2, 0) is 4.79 Å². The van der Waals surface area contributed by atoms with Crippen molar-refractivity contribution in [3.63, 3.8) is 0 Å². The van der Waals surface area contributed by atoms with Crippen LogP contribution in [0.3, 0.4) is 0 Å². The summed E-state index contributed by atoms with van der Waals surface area (Å²) in [5, 5.41) is 17.2. The third-order valence-electron chi connectivity index (χ3n) is 1.57. The van der Waals surface area contributed by atoms with Gasteiger partial charge in [-0.2, -0.15) is 0 Å². The average Bonchev–Trinajstić information content (AvgIpc) is 2.10. The van der Waals surface area contributed by atoms with Crippen LogP contribution < -0.4 is 0 Å². The second kappa shape index (κ2) is 3.67. The fourth-order valence-electron chi connectivity index (χ4n) is 0.881. The molecule has 0 amide bonds. The first kappa shape index (κ1) is 10.5. The van der Waals surface area contributed by atoms with Crippen LogP contribution in [0.2, 0.25) is 0 Å². The molecule has 0 unspecified atom stereocenters. The van der Waals surface area contributed by atoms with Gasteiger partial charge in [-0.05, 0) is 6.07 Å². The van der Waals surface area contributed by atoms with Crippen LogP contribution in [0.4, 0.5) is 13.2 Å². The number of aliphatic hydroxyl groups is 1. The Morgan fingerprint density at radius 2 is 1.64 bits per heavy atom. The highest BCUT2D eigenvalue weighted by molar-refractivity contribution is 5.74. The summed E-state index contributed by atoms with van der Waals surface area (Å²) in [7, 11) is 0. The molecule has 1 rings (SSSR count). The number of halogens is 3. The van der Waals surface area contributed by atoms with Crippen LogP contribution in [0.5, 0.6) is 0 Å². The van der Waals surface area contributed by atoms with E-state index in [2.05, 4.69) is 0 Å². The molecule has 0 aliphatic heterocycles. The molecule has 76 valence electrons. The predicted octanol–water partition coefficient (Wildman–Crippen LogP) is 1.22. The highest BCUT2D eigenvalue weighted by Gasteiger charge is 2.22. The van der Waals surface area contributed by atoms with Gasteiger partial charge < -0.3 is 10.2 Å². The summed E-state index contributed by atoms with van der Waals surface area (Å²) in [5.74, 6) is -5.90. The number of carboxylic acid groups (broad SMARTS) is 1. The maximum atomic E-state index is 12.8. The zero-order valence-corrected chi connectivity index (χ0v) is 6.67. The molecule has 1 aromatic rings. The van der Waals surface area contributed by atoms with Crippen LogP contribution in [0.15, 0.2) is 12.1 Å². The smallest absolute Gasteiger partial charge is 0.337 e. The molecule has 0 saturated carbocycles. The molecule has 14 heavy (non-hydrogen) atoms. The van der Waals surface area contributed by atoms with E-state index in [-0.39, 0.29) is 6.07 Å². The maximum Gasteiger partial charge on any atom is 0.337 e. The fraction of sp³-hybridized carbons (Fsp3) is 0.125. The first-order chi connectivity index (χ1) is 6.43. The molecular weight excluding hydrogens is 201 g/mol. The summed E-state index contributed by atoms with van der Waals surface area (Å²) >= 11 is 0. The summed E-state index contributed by atoms with van der Waals surface area (Å²) in [5.41, 5.74) is -0.809. The van der Waals surface area contributed by atoms with Crippen molar-refractivity contribution in [3.05, 3.63) is 35.1 Å². The lowest BCUT2D eigenvalue weighted by Gasteiger charge is -2.07. The Balaban J connectivity index is 3.22. The van der Waals surface area contributed by atoms with Gasteiger partial charge in [0.25, 0.3) is 0 Å². The highest BCUT2D eigenvalue weighted by atomic mass is 19.2. The number of carbonyl (C=O) groups is 1. The van der Waals surface area contributed by atoms with Gasteiger partial charge in [0.1, 0.15) is 5.82 Å². The molecule has 1 atom stereocenters. The number of rotatable bonds is 2. The van der Waals surface area contributed by atoms with Crippen molar-refractivity contribution in [2.45, 2.75) is 6.10 Å². The Bertz CT molecular complexity index is 378. The standard InChI is InChI=1S/C8H5F3O3/c9-4-2-6(11)5(10)1-3(4)7(12)8(13)14/h1-2,7,12H,(H,13,14)/t7-/m1/s1. The van der Waals surface area contributed by atoms with E-state index in [4.69, 9.17) is 10.2 Å². The normalized spacial score (nSPS) is 12.6. The third kappa shape index (κ3) is 1.85. The largest absolute Gasteiger partial charge is 0.479 e. The van der Waals surface area contributed by atoms with Crippen molar-refractivity contribution < 1.29 is 28.2 Å². The molecule has 1 aromatic carbocycles. The number of carboxylic acids is 1. The number of aliphatic carboxylic acids is 1. The predicted molar refractivity (Wildman–Crippen MR) is 38.9 cm³/mol. The van der Waals surface area contributed by atoms with Gasteiger partial charge in [-0.1, -0.05) is 0 Å². The molecular formula is C8H5F3O3. The lowest BCUT2D eigenvalue weighted by molar-refractivity contribution is -0.147. The number of aliphatic hydroxyl groups excluding tert-OH is 1. The Morgan fingerprint density at radius 3 is 2.14 bits per heavy atom. The van der Waals surface area contributed by atoms with Gasteiger partial charge in [0.05, 0.1) is 0 Å². The minimum absolute atomic E-state index is 0.177. The first-order valence-corrected chi connectivity index (χ1v) is 3.48. The summed E-state index contributed by atoms with van der Waals surface area (Å²) in [4.78, 5) is 10.2. The van der Waals surface area contributed by atoms with E-state index in [0.29, 0.717) is 6.07 Å². The lowest BCUT2D eigenvalue weighted by Crippen LogP contribution is -2.13. The maximum absolute atomic E-state index is 12.8. The fourth-order valence-corrected chi connectivity index (χ4v) is 0.881. The van der Waals surface area contributed by atoms with Gasteiger partial charge in [-0.15, -0.1) is 0 Å². The zero-order valence-electron chi connectivity index (χ0n) is 6.67. The Morgan fingerprint density at radius 1 is 1.14 bits per heavy atom. The van der Waals surface area contributed by atoms with E-state index < -0.39 is 35.1 Å². The zero-order chi connectivity index (χ0) is 10.9. The van der Waals surface area contributed by atoms with E-state index >= 15 is 0 Å². The van der Waals surface area contributed by atoms with E-state index in [1.54, 1.807) is 0 Å². The first-order valence-electron chi connectivity index (χ1n) is 3.48. The SMILES string of the molecule is O=C(O)[C@H](O)c1cc(F)c(F)cc1F. The molecule has 0 fully saturated rings. The van der Waals surface area contributed by atoms with Crippen LogP contribution in [0.1, 0.15) is 11.7 Å². The van der Waals surface area contributed by atoms with Gasteiger partial charge in [0.2, 0.25) is 0 Å². The van der Waals surface area contributed by atoms with Gasteiger partial charge in [-0.3, -0.25) is 0 Å². The Labute approximate surface area is 76.4 Å². The molecule has 0 saturated heterocycles. The van der Waals surface area contributed by atoms with E-state index in [1.165, 1.54) is 0 Å². The average molecular weight is 206 g/mol. The van der Waals surface area contributed by atoms with Crippen molar-refractivity contribution in [3.8, 4) is 0 Å². The van der Waals surface area contributed by atoms with Crippen LogP contribution in [-0.4, -0.2) is 16.2 Å². The van der Waals surface area contributed by atoms with Crippen molar-refractivity contribution in [1.82, 2.24) is 0 Å². The Hall–Kier alpha value is -1.56. The molecule has 3 nitrogen and oxygen atoms in total. The topological polar surface area (TPSA) is 57.5 Å². The minimum Gasteiger partial charge on any atom is -0.479 e. The van der Waals surface area contributed by atoms with E-state index in [9.17, 15) is 18.0 Å². The van der Waals surface area contributed by atoms with Crippen molar-refractivity contribution in [1.29, 1.82) is 0 Å². The minimum atomic E-state index is -2.20. The Kier molecular flexibility index (Phi) is 2.76. The van der Waals surface area contributed by atoms with Crippen molar-refractivity contribution in [2.75, 3.05) is 0 Å². The molecule has 0 spiro atoms.